The molecule has 0 bridgehead atoms. The second-order valence-corrected chi connectivity index (χ2v) is 7.79. The molecule has 0 saturated heterocycles. The molecule has 140 valence electrons. The van der Waals surface area contributed by atoms with Crippen molar-refractivity contribution in [2.75, 3.05) is 26.9 Å². The maximum absolute atomic E-state index is 12.7. The zero-order chi connectivity index (χ0) is 18.8. The van der Waals surface area contributed by atoms with Gasteiger partial charge in [0.15, 0.2) is 0 Å². The van der Waals surface area contributed by atoms with E-state index in [4.69, 9.17) is 9.47 Å². The number of hydrogen-bond acceptors (Lipinski definition) is 6. The van der Waals surface area contributed by atoms with E-state index in [1.54, 1.807) is 11.7 Å². The van der Waals surface area contributed by atoms with E-state index in [9.17, 15) is 9.90 Å². The van der Waals surface area contributed by atoms with Gasteiger partial charge in [0, 0.05) is 13.7 Å². The Bertz CT molecular complexity index is 972. The molecule has 1 aliphatic rings. The average molecular weight is 402 g/mol. The summed E-state index contributed by atoms with van der Waals surface area (Å²) < 4.78 is 12.3. The zero-order valence-electron chi connectivity index (χ0n) is 14.7. The van der Waals surface area contributed by atoms with Gasteiger partial charge in [-0.15, -0.1) is 22.7 Å². The number of rotatable bonds is 8. The van der Waals surface area contributed by atoms with Gasteiger partial charge < -0.3 is 19.1 Å². The van der Waals surface area contributed by atoms with Gasteiger partial charge in [-0.25, -0.2) is 4.99 Å². The van der Waals surface area contributed by atoms with Crippen LogP contribution in [0.15, 0.2) is 40.0 Å². The molecule has 6 nitrogen and oxygen atoms in total. The maximum atomic E-state index is 12.7. The summed E-state index contributed by atoms with van der Waals surface area (Å²) in [4.78, 5) is 18.7. The lowest BCUT2D eigenvalue weighted by molar-refractivity contribution is 0.0660. The number of aliphatic imine (C=N–C) groups is 1. The Balaban J connectivity index is 1.76. The van der Waals surface area contributed by atoms with Gasteiger partial charge in [0.05, 0.1) is 52.1 Å². The summed E-state index contributed by atoms with van der Waals surface area (Å²) in [5, 5.41) is 14.9. The monoisotopic (exact) mass is 402 g/mol. The molecule has 4 rings (SSSR count). The number of nitrogens with zero attached hydrogens (tertiary/aromatic N) is 2. The van der Waals surface area contributed by atoms with Crippen LogP contribution in [0.5, 0.6) is 5.88 Å². The van der Waals surface area contributed by atoms with Gasteiger partial charge in [-0.05, 0) is 22.9 Å². The molecule has 0 spiro atoms. The first-order valence-electron chi connectivity index (χ1n) is 8.45. The number of thiophene rings is 2. The van der Waals surface area contributed by atoms with Crippen LogP contribution in [0.25, 0.3) is 10.6 Å². The Labute approximate surface area is 164 Å². The summed E-state index contributed by atoms with van der Waals surface area (Å²) in [5.74, 6) is -0.257. The zero-order valence-corrected chi connectivity index (χ0v) is 16.3. The molecule has 27 heavy (non-hydrogen) atoms. The quantitative estimate of drug-likeness (QED) is 0.584. The van der Waals surface area contributed by atoms with Crippen molar-refractivity contribution in [1.29, 1.82) is 0 Å². The molecule has 0 atom stereocenters. The normalized spacial score (nSPS) is 13.2. The lowest BCUT2D eigenvalue weighted by atomic mass is 10.1. The minimum atomic E-state index is -0.314. The molecule has 8 heteroatoms. The van der Waals surface area contributed by atoms with E-state index in [1.807, 2.05) is 35.0 Å². The third kappa shape index (κ3) is 3.25. The average Bonchev–Trinajstić information content (AvgIpc) is 3.43. The molecule has 1 aliphatic heterocycles. The number of hydrogen-bond donors (Lipinski definition) is 1. The third-order valence-electron chi connectivity index (χ3n) is 4.30. The fraction of sp³-hybridized carbons (Fsp3) is 0.263. The number of aromatic hydroxyl groups is 1. The molecule has 3 aromatic rings. The van der Waals surface area contributed by atoms with Crippen molar-refractivity contribution in [3.05, 3.63) is 51.0 Å². The highest BCUT2D eigenvalue weighted by Crippen LogP contribution is 2.42. The number of ether oxygens (including phenoxy) is 2. The predicted molar refractivity (Wildman–Crippen MR) is 106 cm³/mol. The van der Waals surface area contributed by atoms with Gasteiger partial charge in [0.1, 0.15) is 0 Å². The lowest BCUT2D eigenvalue weighted by Crippen LogP contribution is -2.11. The first kappa shape index (κ1) is 18.1. The van der Waals surface area contributed by atoms with Gasteiger partial charge >= 0.3 is 0 Å². The van der Waals surface area contributed by atoms with Crippen LogP contribution in [0.2, 0.25) is 0 Å². The number of carbonyl (C=O) groups excluding carboxylic acids is 1. The fourth-order valence-electron chi connectivity index (χ4n) is 3.13. The molecular weight excluding hydrogens is 384 g/mol. The number of carbonyl (C=O) groups is 1. The number of aromatic nitrogens is 1. The van der Waals surface area contributed by atoms with E-state index >= 15 is 0 Å². The largest absolute Gasteiger partial charge is 0.494 e. The van der Waals surface area contributed by atoms with Gasteiger partial charge in [0.2, 0.25) is 5.88 Å². The van der Waals surface area contributed by atoms with E-state index in [-0.39, 0.29) is 11.8 Å². The summed E-state index contributed by atoms with van der Waals surface area (Å²) in [6.45, 7) is 1.83. The topological polar surface area (TPSA) is 73.1 Å². The van der Waals surface area contributed by atoms with Crippen LogP contribution >= 0.6 is 22.7 Å². The highest BCUT2D eigenvalue weighted by atomic mass is 32.1. The molecule has 0 saturated carbocycles. The first-order chi connectivity index (χ1) is 13.2. The third-order valence-corrected chi connectivity index (χ3v) is 6.05. The van der Waals surface area contributed by atoms with Crippen molar-refractivity contribution in [2.24, 2.45) is 4.99 Å². The van der Waals surface area contributed by atoms with Gasteiger partial charge in [0.25, 0.3) is 5.91 Å². The van der Waals surface area contributed by atoms with E-state index < -0.39 is 0 Å². The summed E-state index contributed by atoms with van der Waals surface area (Å²) in [6.07, 6.45) is 0. The Kier molecular flexibility index (Phi) is 5.22. The molecule has 0 aromatic carbocycles. The van der Waals surface area contributed by atoms with Crippen molar-refractivity contribution in [2.45, 2.75) is 6.54 Å². The number of methoxy groups -OCH3 is 1. The molecule has 0 unspecified atom stereocenters. The smallest absolute Gasteiger partial charge is 0.280 e. The maximum Gasteiger partial charge on any atom is 0.280 e. The van der Waals surface area contributed by atoms with Crippen LogP contribution in [0, 0.1) is 0 Å². The highest BCUT2D eigenvalue weighted by Gasteiger charge is 2.36. The number of fused-ring (bicyclic) bond motifs is 1. The van der Waals surface area contributed by atoms with E-state index in [0.717, 1.165) is 9.75 Å². The fourth-order valence-corrected chi connectivity index (χ4v) is 4.64. The molecule has 1 N–H and O–H groups in total. The molecule has 4 heterocycles. The summed E-state index contributed by atoms with van der Waals surface area (Å²) in [7, 11) is 1.62. The van der Waals surface area contributed by atoms with Crippen LogP contribution in [0.3, 0.4) is 0 Å². The SMILES string of the molecule is COCCOCCn1c(O)c2c(c1-c1cccs1)C(=O)N=C2c1cccs1. The molecular formula is C19H18N2O4S2. The number of amides is 1. The second-order valence-electron chi connectivity index (χ2n) is 5.90. The standard InChI is InChI=1S/C19H18N2O4S2/c1-24-8-9-25-7-6-21-17(13-5-3-11-27-13)15-14(19(21)23)16(20-18(15)22)12-4-2-10-26-12/h2-5,10-11,23H,6-9H2,1H3. The Morgan fingerprint density at radius 3 is 2.48 bits per heavy atom. The minimum Gasteiger partial charge on any atom is -0.494 e. The van der Waals surface area contributed by atoms with Crippen LogP contribution in [0.4, 0.5) is 0 Å². The molecule has 0 fully saturated rings. The predicted octanol–water partition coefficient (Wildman–Crippen LogP) is 3.64. The van der Waals surface area contributed by atoms with E-state index in [2.05, 4.69) is 4.99 Å². The summed E-state index contributed by atoms with van der Waals surface area (Å²) in [5.41, 5.74) is 2.23. The Hall–Kier alpha value is -2.26. The van der Waals surface area contributed by atoms with Crippen molar-refractivity contribution >= 4 is 34.3 Å². The van der Waals surface area contributed by atoms with Crippen molar-refractivity contribution in [3.63, 3.8) is 0 Å². The van der Waals surface area contributed by atoms with E-state index in [0.29, 0.717) is 48.9 Å². The molecule has 3 aromatic heterocycles. The molecule has 1 amide bonds. The van der Waals surface area contributed by atoms with Crippen LogP contribution in [-0.4, -0.2) is 48.2 Å². The van der Waals surface area contributed by atoms with Gasteiger partial charge in [-0.2, -0.15) is 0 Å². The Morgan fingerprint density at radius 1 is 1.07 bits per heavy atom. The lowest BCUT2D eigenvalue weighted by Gasteiger charge is -2.11. The van der Waals surface area contributed by atoms with Crippen molar-refractivity contribution < 1.29 is 19.4 Å². The van der Waals surface area contributed by atoms with E-state index in [1.165, 1.54) is 22.7 Å². The summed E-state index contributed by atoms with van der Waals surface area (Å²) in [6, 6.07) is 7.68. The second kappa shape index (κ2) is 7.77. The van der Waals surface area contributed by atoms with Gasteiger partial charge in [-0.1, -0.05) is 12.1 Å². The van der Waals surface area contributed by atoms with Crippen molar-refractivity contribution in [3.8, 4) is 16.5 Å². The Morgan fingerprint density at radius 2 is 1.81 bits per heavy atom. The van der Waals surface area contributed by atoms with Crippen LogP contribution < -0.4 is 0 Å². The minimum absolute atomic E-state index is 0.0572. The first-order valence-corrected chi connectivity index (χ1v) is 10.2. The van der Waals surface area contributed by atoms with Crippen LogP contribution in [-0.2, 0) is 16.0 Å². The molecule has 0 aliphatic carbocycles. The highest BCUT2D eigenvalue weighted by molar-refractivity contribution is 7.13. The van der Waals surface area contributed by atoms with Crippen LogP contribution in [0.1, 0.15) is 20.8 Å². The van der Waals surface area contributed by atoms with Gasteiger partial charge in [-0.3, -0.25) is 4.79 Å². The molecule has 0 radical (unpaired) electrons. The van der Waals surface area contributed by atoms with Crippen molar-refractivity contribution in [1.82, 2.24) is 4.57 Å². The summed E-state index contributed by atoms with van der Waals surface area (Å²) >= 11 is 3.02.